The van der Waals surface area contributed by atoms with Crippen molar-refractivity contribution in [1.82, 2.24) is 4.90 Å². The van der Waals surface area contributed by atoms with Crippen molar-refractivity contribution in [3.05, 3.63) is 104 Å². The smallest absolute Gasteiger partial charge is 0.293 e. The van der Waals surface area contributed by atoms with Gasteiger partial charge in [-0.3, -0.25) is 9.59 Å². The summed E-state index contributed by atoms with van der Waals surface area (Å²) in [6.45, 7) is 4.90. The van der Waals surface area contributed by atoms with Crippen molar-refractivity contribution in [2.75, 3.05) is 27.4 Å². The topological polar surface area (TPSA) is 106 Å². The molecule has 45 heavy (non-hydrogen) atoms. The summed E-state index contributed by atoms with van der Waals surface area (Å²) < 4.78 is 33.3. The lowest BCUT2D eigenvalue weighted by molar-refractivity contribution is -0.150. The summed E-state index contributed by atoms with van der Waals surface area (Å²) in [4.78, 5) is 25.2. The average Bonchev–Trinajstić information content (AvgIpc) is 3.06. The Morgan fingerprint density at radius 3 is 2.20 bits per heavy atom. The van der Waals surface area contributed by atoms with Gasteiger partial charge in [0.2, 0.25) is 6.41 Å². The largest absolute Gasteiger partial charge is 0.463 e. The molecule has 8 nitrogen and oxygen atoms in total. The molecule has 3 aromatic rings. The summed E-state index contributed by atoms with van der Waals surface area (Å²) in [5.74, 6) is -0.735. The Kier molecular flexibility index (Phi) is 13.3. The van der Waals surface area contributed by atoms with Crippen molar-refractivity contribution in [2.24, 2.45) is 5.92 Å². The minimum Gasteiger partial charge on any atom is -0.463 e. The summed E-state index contributed by atoms with van der Waals surface area (Å²) in [5.41, 5.74) is -0.305. The maximum atomic E-state index is 16.7. The van der Waals surface area contributed by atoms with Gasteiger partial charge < -0.3 is 29.3 Å². The van der Waals surface area contributed by atoms with Crippen LogP contribution in [0.15, 0.2) is 54.6 Å². The van der Waals surface area contributed by atoms with Crippen LogP contribution in [0.4, 0.5) is 4.39 Å². The lowest BCUT2D eigenvalue weighted by atomic mass is 9.74. The quantitative estimate of drug-likeness (QED) is 0.164. The minimum atomic E-state index is -1.75. The van der Waals surface area contributed by atoms with Gasteiger partial charge in [0, 0.05) is 55.2 Å². The number of aliphatic hydroxyl groups is 2. The molecule has 1 saturated heterocycles. The first-order chi connectivity index (χ1) is 21.6. The number of methoxy groups -OCH3 is 1. The second-order valence-electron chi connectivity index (χ2n) is 10.7. The third-order valence-corrected chi connectivity index (χ3v) is 8.93. The Morgan fingerprint density at radius 2 is 1.64 bits per heavy atom. The highest BCUT2D eigenvalue weighted by molar-refractivity contribution is 6.30. The van der Waals surface area contributed by atoms with Gasteiger partial charge in [-0.1, -0.05) is 54.4 Å². The third-order valence-electron chi connectivity index (χ3n) is 8.44. The summed E-state index contributed by atoms with van der Waals surface area (Å²) >= 11 is 12.4. The summed E-state index contributed by atoms with van der Waals surface area (Å²) in [6.07, 6.45) is 2.31. The number of ether oxygens (including phenoxy) is 3. The van der Waals surface area contributed by atoms with E-state index in [-0.39, 0.29) is 24.6 Å². The highest BCUT2D eigenvalue weighted by Crippen LogP contribution is 2.45. The fourth-order valence-corrected chi connectivity index (χ4v) is 6.53. The van der Waals surface area contributed by atoms with E-state index in [1.807, 2.05) is 6.92 Å². The number of carbonyl (C=O) groups excluding carboxylic acids is 2. The Labute approximate surface area is 273 Å². The lowest BCUT2D eigenvalue weighted by Gasteiger charge is -2.43. The van der Waals surface area contributed by atoms with Crippen LogP contribution in [0.25, 0.3) is 0 Å². The van der Waals surface area contributed by atoms with Crippen molar-refractivity contribution in [2.45, 2.75) is 57.6 Å². The fourth-order valence-electron chi connectivity index (χ4n) is 6.21. The van der Waals surface area contributed by atoms with Crippen LogP contribution < -0.4 is 0 Å². The van der Waals surface area contributed by atoms with E-state index in [0.717, 1.165) is 7.11 Å². The molecule has 2 N–H and O–H groups in total. The highest BCUT2D eigenvalue weighted by Gasteiger charge is 2.46. The monoisotopic (exact) mass is 663 g/mol. The number of amides is 1. The number of halogens is 3. The molecular weight excluding hydrogens is 624 g/mol. The van der Waals surface area contributed by atoms with Crippen molar-refractivity contribution in [3.63, 3.8) is 0 Å². The molecule has 1 heterocycles. The second-order valence-corrected chi connectivity index (χ2v) is 11.6. The van der Waals surface area contributed by atoms with E-state index in [1.165, 1.54) is 18.1 Å². The van der Waals surface area contributed by atoms with Crippen LogP contribution in [0.2, 0.25) is 10.0 Å². The van der Waals surface area contributed by atoms with E-state index in [9.17, 15) is 14.7 Å². The molecule has 244 valence electrons. The second kappa shape index (κ2) is 16.5. The van der Waals surface area contributed by atoms with E-state index < -0.39 is 17.1 Å². The Balaban J connectivity index is 0.00000271. The van der Waals surface area contributed by atoms with Gasteiger partial charge in [-0.25, -0.2) is 4.39 Å². The summed E-state index contributed by atoms with van der Waals surface area (Å²) in [7, 11) is 2.40. The molecular formula is C34H40Cl2FNO7. The number of benzene rings is 3. The number of aryl methyl sites for hydroxylation is 1. The number of hydrogen-bond donors (Lipinski definition) is 2. The standard InChI is InChI=1S/C33H36Cl2FNO6.CH4O/c1-4-32(40,25-11-13-42-14-12-25)27-15-22(2)31(30(36)17-27)33(41-3,26-6-9-28(34)10-7-26)37(20-38)18-23-5-8-29(35)16-24(23)19-43-21-39;1-2/h5-10,15-17,20-21,25,40H,4,11-14,18-19H2,1-3H3;2H,1H3/t32-,33+;/m0./s1. The first-order valence-corrected chi connectivity index (χ1v) is 15.3. The van der Waals surface area contributed by atoms with Gasteiger partial charge in [0.15, 0.2) is 5.72 Å². The molecule has 0 bridgehead atoms. The van der Waals surface area contributed by atoms with Crippen molar-refractivity contribution in [3.8, 4) is 0 Å². The van der Waals surface area contributed by atoms with Gasteiger partial charge in [-0.2, -0.15) is 0 Å². The highest BCUT2D eigenvalue weighted by atomic mass is 35.5. The van der Waals surface area contributed by atoms with E-state index in [2.05, 4.69) is 0 Å². The lowest BCUT2D eigenvalue weighted by Crippen LogP contribution is -2.49. The normalized spacial score (nSPS) is 16.0. The van der Waals surface area contributed by atoms with Crippen LogP contribution in [-0.2, 0) is 48.3 Å². The zero-order valence-electron chi connectivity index (χ0n) is 25.9. The third kappa shape index (κ3) is 7.68. The van der Waals surface area contributed by atoms with Crippen LogP contribution in [0, 0.1) is 18.7 Å². The molecule has 3 aromatic carbocycles. The minimum absolute atomic E-state index is 0.0453. The summed E-state index contributed by atoms with van der Waals surface area (Å²) in [5, 5.41) is 19.7. The predicted molar refractivity (Wildman–Crippen MR) is 170 cm³/mol. The van der Waals surface area contributed by atoms with E-state index in [1.54, 1.807) is 55.5 Å². The first kappa shape index (κ1) is 36.4. The molecule has 0 spiro atoms. The number of rotatable bonds is 13. The molecule has 4 rings (SSSR count). The van der Waals surface area contributed by atoms with Crippen LogP contribution >= 0.6 is 23.2 Å². The first-order valence-electron chi connectivity index (χ1n) is 14.6. The molecule has 0 unspecified atom stereocenters. The molecule has 1 aliphatic heterocycles. The molecule has 0 radical (unpaired) electrons. The molecule has 0 saturated carbocycles. The zero-order valence-corrected chi connectivity index (χ0v) is 27.4. The van der Waals surface area contributed by atoms with Crippen LogP contribution in [0.3, 0.4) is 0 Å². The van der Waals surface area contributed by atoms with Gasteiger partial charge in [-0.05, 0) is 84.7 Å². The van der Waals surface area contributed by atoms with Crippen molar-refractivity contribution in [1.29, 1.82) is 0 Å². The molecule has 1 fully saturated rings. The van der Waals surface area contributed by atoms with Crippen LogP contribution in [0.5, 0.6) is 0 Å². The number of aliphatic hydroxyl groups excluding tert-OH is 1. The maximum Gasteiger partial charge on any atom is 0.293 e. The van der Waals surface area contributed by atoms with Gasteiger partial charge in [-0.15, -0.1) is 0 Å². The number of hydrogen-bond acceptors (Lipinski definition) is 7. The van der Waals surface area contributed by atoms with Gasteiger partial charge >= 0.3 is 0 Å². The molecule has 1 amide bonds. The van der Waals surface area contributed by atoms with Crippen LogP contribution in [-0.4, -0.2) is 55.4 Å². The van der Waals surface area contributed by atoms with Gasteiger partial charge in [0.25, 0.3) is 6.47 Å². The molecule has 2 atom stereocenters. The predicted octanol–water partition coefficient (Wildman–Crippen LogP) is 6.25. The van der Waals surface area contributed by atoms with Crippen molar-refractivity contribution < 1.29 is 38.4 Å². The molecule has 1 aliphatic rings. The molecule has 0 aliphatic carbocycles. The number of carbonyl (C=O) groups is 2. The SMILES string of the molecule is CC[C@@](O)(c1cc(C)c([C@](OC)(c2ccc(Cl)cc2)N(C=O)Cc2ccc(Cl)cc2COC=O)c(F)c1)C1CCOCC1.CO. The molecule has 11 heteroatoms. The van der Waals surface area contributed by atoms with Crippen LogP contribution in [0.1, 0.15) is 59.6 Å². The number of nitrogens with zero attached hydrogens (tertiary/aromatic N) is 1. The van der Waals surface area contributed by atoms with Crippen molar-refractivity contribution >= 4 is 36.1 Å². The molecule has 0 aromatic heterocycles. The zero-order chi connectivity index (χ0) is 33.2. The Hall–Kier alpha value is -3.05. The average molecular weight is 665 g/mol. The van der Waals surface area contributed by atoms with E-state index >= 15 is 4.39 Å². The van der Waals surface area contributed by atoms with E-state index in [4.69, 9.17) is 42.5 Å². The fraction of sp³-hybridized carbons (Fsp3) is 0.412. The maximum absolute atomic E-state index is 16.7. The Morgan fingerprint density at radius 1 is 1.00 bits per heavy atom. The Bertz CT molecular complexity index is 1410. The van der Waals surface area contributed by atoms with E-state index in [0.29, 0.717) is 83.2 Å². The van der Waals surface area contributed by atoms with Gasteiger partial charge in [0.05, 0.1) is 5.60 Å². The van der Waals surface area contributed by atoms with Gasteiger partial charge in [0.1, 0.15) is 12.4 Å². The summed E-state index contributed by atoms with van der Waals surface area (Å²) in [6, 6.07) is 14.8.